The molecule has 8 heteroatoms. The van der Waals surface area contributed by atoms with Gasteiger partial charge in [-0.2, -0.15) is 0 Å². The summed E-state index contributed by atoms with van der Waals surface area (Å²) < 4.78 is 0. The fraction of sp³-hybridized carbons (Fsp3) is 0.414. The van der Waals surface area contributed by atoms with Crippen LogP contribution in [0.5, 0.6) is 5.75 Å². The van der Waals surface area contributed by atoms with Crippen molar-refractivity contribution in [1.29, 1.82) is 0 Å². The van der Waals surface area contributed by atoms with Gasteiger partial charge in [-0.05, 0) is 62.2 Å². The third-order valence-electron chi connectivity index (χ3n) is 7.14. The van der Waals surface area contributed by atoms with Gasteiger partial charge in [0.05, 0.1) is 17.9 Å². The van der Waals surface area contributed by atoms with Gasteiger partial charge in [0.15, 0.2) is 5.82 Å². The van der Waals surface area contributed by atoms with E-state index in [1.54, 1.807) is 12.1 Å². The fourth-order valence-electron chi connectivity index (χ4n) is 5.05. The third-order valence-corrected chi connectivity index (χ3v) is 7.14. The van der Waals surface area contributed by atoms with Gasteiger partial charge in [0.25, 0.3) is 0 Å². The fourth-order valence-corrected chi connectivity index (χ4v) is 5.05. The van der Waals surface area contributed by atoms with E-state index in [0.717, 1.165) is 68.7 Å². The molecule has 3 aromatic rings. The second-order valence-electron chi connectivity index (χ2n) is 9.60. The Balaban J connectivity index is 1.25. The van der Waals surface area contributed by atoms with E-state index in [9.17, 15) is 5.11 Å². The Morgan fingerprint density at radius 2 is 1.65 bits per heavy atom. The summed E-state index contributed by atoms with van der Waals surface area (Å²) in [6.07, 6.45) is 7.10. The number of phenolic OH excluding ortho intramolecular Hbond substituents is 1. The van der Waals surface area contributed by atoms with Gasteiger partial charge in [0.2, 0.25) is 0 Å². The highest BCUT2D eigenvalue weighted by Gasteiger charge is 2.22. The van der Waals surface area contributed by atoms with Crippen LogP contribution < -0.4 is 15.1 Å². The highest BCUT2D eigenvalue weighted by atomic mass is 16.3. The molecule has 4 heterocycles. The van der Waals surface area contributed by atoms with Gasteiger partial charge in [0, 0.05) is 50.7 Å². The zero-order valence-corrected chi connectivity index (χ0v) is 21.5. The number of aromatic hydroxyl groups is 1. The number of nitrogens with one attached hydrogen (secondary N) is 1. The van der Waals surface area contributed by atoms with Crippen molar-refractivity contribution in [3.05, 3.63) is 54.4 Å². The van der Waals surface area contributed by atoms with Crippen molar-refractivity contribution in [2.24, 2.45) is 0 Å². The van der Waals surface area contributed by atoms with Crippen LogP contribution in [-0.2, 0) is 0 Å². The first kappa shape index (κ1) is 24.8. The van der Waals surface area contributed by atoms with Gasteiger partial charge in [-0.1, -0.05) is 30.9 Å². The number of aromatic nitrogens is 3. The number of phenols is 1. The summed E-state index contributed by atoms with van der Waals surface area (Å²) in [6, 6.07) is 13.4. The quantitative estimate of drug-likeness (QED) is 0.515. The Hall–Kier alpha value is -3.83. The van der Waals surface area contributed by atoms with Crippen LogP contribution in [0.4, 0.5) is 17.2 Å². The first-order valence-corrected chi connectivity index (χ1v) is 13.2. The molecule has 0 amide bonds. The molecule has 0 saturated carbocycles. The lowest BCUT2D eigenvalue weighted by Gasteiger charge is -2.37. The Morgan fingerprint density at radius 3 is 2.41 bits per heavy atom. The summed E-state index contributed by atoms with van der Waals surface area (Å²) in [7, 11) is 1.86. The molecule has 192 valence electrons. The summed E-state index contributed by atoms with van der Waals surface area (Å²) in [4.78, 5) is 11.7. The van der Waals surface area contributed by atoms with Crippen LogP contribution in [0.1, 0.15) is 31.4 Å². The number of benzene rings is 1. The maximum atomic E-state index is 10.3. The van der Waals surface area contributed by atoms with Gasteiger partial charge in [0.1, 0.15) is 11.4 Å². The van der Waals surface area contributed by atoms with E-state index < -0.39 is 0 Å². The van der Waals surface area contributed by atoms with Crippen LogP contribution in [0.3, 0.4) is 0 Å². The molecule has 0 spiro atoms. The minimum atomic E-state index is 0.202. The van der Waals surface area contributed by atoms with Crippen molar-refractivity contribution >= 4 is 17.2 Å². The normalized spacial score (nSPS) is 16.6. The lowest BCUT2D eigenvalue weighted by molar-refractivity contribution is 0.320. The molecule has 2 fully saturated rings. The number of pyridine rings is 1. The summed E-state index contributed by atoms with van der Waals surface area (Å²) in [5, 5.41) is 22.2. The Kier molecular flexibility index (Phi) is 8.02. The van der Waals surface area contributed by atoms with E-state index >= 15 is 0 Å². The molecule has 0 radical (unpaired) electrons. The average Bonchev–Trinajstić information content (AvgIpc) is 3.22. The van der Waals surface area contributed by atoms with Gasteiger partial charge >= 0.3 is 0 Å². The molecule has 0 bridgehead atoms. The molecule has 0 aliphatic carbocycles. The molecule has 2 aromatic heterocycles. The van der Waals surface area contributed by atoms with Crippen molar-refractivity contribution in [3.63, 3.8) is 0 Å². The molecule has 37 heavy (non-hydrogen) atoms. The molecule has 0 atom stereocenters. The van der Waals surface area contributed by atoms with Crippen molar-refractivity contribution in [1.82, 2.24) is 20.1 Å². The molecule has 2 aliphatic heterocycles. The van der Waals surface area contributed by atoms with Gasteiger partial charge < -0.3 is 20.2 Å². The molecule has 2 saturated heterocycles. The summed E-state index contributed by atoms with van der Waals surface area (Å²) in [6.45, 7) is 6.58. The number of hydrogen-bond acceptors (Lipinski definition) is 8. The topological polar surface area (TPSA) is 80.7 Å². The number of likely N-dealkylation sites (tertiary alicyclic amines) is 1. The smallest absolute Gasteiger partial charge is 0.172 e. The minimum absolute atomic E-state index is 0.202. The second kappa shape index (κ2) is 11.9. The van der Waals surface area contributed by atoms with Crippen molar-refractivity contribution in [3.8, 4) is 28.8 Å². The van der Waals surface area contributed by atoms with E-state index in [0.29, 0.717) is 11.3 Å². The second-order valence-corrected chi connectivity index (χ2v) is 9.60. The molecular weight excluding hydrogens is 462 g/mol. The van der Waals surface area contributed by atoms with Crippen LogP contribution in [0, 0.1) is 11.8 Å². The molecule has 2 aliphatic rings. The highest BCUT2D eigenvalue weighted by Crippen LogP contribution is 2.33. The Morgan fingerprint density at radius 1 is 0.892 bits per heavy atom. The number of hydrogen-bond donors (Lipinski definition) is 2. The van der Waals surface area contributed by atoms with Crippen molar-refractivity contribution in [2.45, 2.75) is 25.7 Å². The first-order valence-electron chi connectivity index (χ1n) is 13.2. The standard InChI is InChI=1S/C29H35N7O/c1-30-29-27(22-26(32-33-29)25-10-4-5-11-28(25)37)36-19-17-35(18-20-36)24-12-13-31-23(21-24)9-8-16-34-14-6-2-3-7-15-34/h4-5,10-13,21-22,37H,2-3,6-7,14-20H2,1H3,(H,30,33). The zero-order chi connectivity index (χ0) is 25.5. The SMILES string of the molecule is CNc1nnc(-c2ccccc2O)cc1N1CCN(c2ccnc(C#CCN3CCCCCC3)c2)CC1. The summed E-state index contributed by atoms with van der Waals surface area (Å²) in [5.41, 5.74) is 4.32. The third kappa shape index (κ3) is 6.12. The number of piperazine rings is 1. The van der Waals surface area contributed by atoms with E-state index in [-0.39, 0.29) is 5.75 Å². The van der Waals surface area contributed by atoms with Crippen LogP contribution >= 0.6 is 0 Å². The summed E-state index contributed by atoms with van der Waals surface area (Å²) in [5.74, 6) is 7.56. The minimum Gasteiger partial charge on any atom is -0.507 e. The zero-order valence-electron chi connectivity index (χ0n) is 21.5. The molecule has 0 unspecified atom stereocenters. The van der Waals surface area contributed by atoms with Crippen LogP contribution in [-0.4, -0.2) is 78.0 Å². The maximum Gasteiger partial charge on any atom is 0.172 e. The number of anilines is 3. The van der Waals surface area contributed by atoms with Gasteiger partial charge in [-0.3, -0.25) is 4.90 Å². The van der Waals surface area contributed by atoms with E-state index in [1.807, 2.05) is 31.4 Å². The first-order chi connectivity index (χ1) is 18.2. The van der Waals surface area contributed by atoms with Crippen LogP contribution in [0.25, 0.3) is 11.3 Å². The highest BCUT2D eigenvalue weighted by molar-refractivity contribution is 5.75. The average molecular weight is 498 g/mol. The number of rotatable bonds is 5. The largest absolute Gasteiger partial charge is 0.507 e. The molecular formula is C29H35N7O. The van der Waals surface area contributed by atoms with E-state index in [1.165, 1.54) is 25.7 Å². The predicted octanol–water partition coefficient (Wildman–Crippen LogP) is 3.84. The number of nitrogens with zero attached hydrogens (tertiary/aromatic N) is 6. The Bertz CT molecular complexity index is 1250. The van der Waals surface area contributed by atoms with E-state index in [4.69, 9.17) is 0 Å². The molecule has 5 rings (SSSR count). The van der Waals surface area contributed by atoms with Crippen molar-refractivity contribution < 1.29 is 5.11 Å². The number of para-hydroxylation sites is 1. The molecule has 2 N–H and O–H groups in total. The molecule has 1 aromatic carbocycles. The Labute approximate surface area is 219 Å². The predicted molar refractivity (Wildman–Crippen MR) is 149 cm³/mol. The lowest BCUT2D eigenvalue weighted by Crippen LogP contribution is -2.46. The monoisotopic (exact) mass is 497 g/mol. The lowest BCUT2D eigenvalue weighted by atomic mass is 10.1. The maximum absolute atomic E-state index is 10.3. The summed E-state index contributed by atoms with van der Waals surface area (Å²) >= 11 is 0. The molecule has 8 nitrogen and oxygen atoms in total. The van der Waals surface area contributed by atoms with E-state index in [2.05, 4.69) is 59.2 Å². The van der Waals surface area contributed by atoms with Crippen LogP contribution in [0.2, 0.25) is 0 Å². The van der Waals surface area contributed by atoms with Crippen molar-refractivity contribution in [2.75, 3.05) is 68.0 Å². The van der Waals surface area contributed by atoms with Gasteiger partial charge in [-0.25, -0.2) is 4.98 Å². The van der Waals surface area contributed by atoms with Crippen LogP contribution in [0.15, 0.2) is 48.7 Å². The van der Waals surface area contributed by atoms with Gasteiger partial charge in [-0.15, -0.1) is 10.2 Å².